The number of aromatic nitrogens is 4. The van der Waals surface area contributed by atoms with Crippen LogP contribution in [0.5, 0.6) is 11.5 Å². The lowest BCUT2D eigenvalue weighted by Crippen LogP contribution is -2.07. The molecule has 0 aliphatic rings. The van der Waals surface area contributed by atoms with Crippen LogP contribution in [0.4, 0.5) is 0 Å². The molecule has 4 rings (SSSR count). The van der Waals surface area contributed by atoms with Crippen molar-refractivity contribution in [2.45, 2.75) is 13.2 Å². The average molecular weight is 437 g/mol. The van der Waals surface area contributed by atoms with Gasteiger partial charge in [0.05, 0.1) is 6.54 Å². The van der Waals surface area contributed by atoms with Crippen LogP contribution in [0.1, 0.15) is 11.1 Å². The second-order valence-electron chi connectivity index (χ2n) is 6.76. The minimum absolute atomic E-state index is 0.192. The van der Waals surface area contributed by atoms with Crippen molar-refractivity contribution in [2.24, 2.45) is 0 Å². The molecule has 0 N–H and O–H groups in total. The van der Waals surface area contributed by atoms with Crippen LogP contribution < -0.4 is 9.47 Å². The number of methoxy groups -OCH3 is 1. The number of nitrogens with zero attached hydrogens (tertiary/aromatic N) is 4. The first kappa shape index (κ1) is 20.8. The Morgan fingerprint density at radius 2 is 1.74 bits per heavy atom. The summed E-state index contributed by atoms with van der Waals surface area (Å²) in [4.78, 5) is 0. The standard InChI is InChI=1S/C23H21ClN4O3/c1-29-16-31-21-10-7-18(8-11-21)23-25-26-27-28(23)14-19-13-20(24)9-12-22(19)30-15-17-5-3-2-4-6-17/h2-13H,14-16H2,1H3. The van der Waals surface area contributed by atoms with E-state index in [1.54, 1.807) is 11.8 Å². The Hall–Kier alpha value is -3.42. The molecule has 31 heavy (non-hydrogen) atoms. The van der Waals surface area contributed by atoms with Gasteiger partial charge >= 0.3 is 0 Å². The molecule has 0 radical (unpaired) electrons. The Labute approximate surface area is 185 Å². The predicted molar refractivity (Wildman–Crippen MR) is 117 cm³/mol. The molecule has 0 bridgehead atoms. The first-order chi connectivity index (χ1) is 15.2. The Morgan fingerprint density at radius 3 is 2.52 bits per heavy atom. The van der Waals surface area contributed by atoms with Gasteiger partial charge in [0.15, 0.2) is 12.6 Å². The zero-order chi connectivity index (χ0) is 21.5. The second-order valence-corrected chi connectivity index (χ2v) is 7.20. The normalized spacial score (nSPS) is 10.8. The van der Waals surface area contributed by atoms with Gasteiger partial charge in [0.2, 0.25) is 0 Å². The molecule has 8 heteroatoms. The van der Waals surface area contributed by atoms with E-state index in [1.165, 1.54) is 0 Å². The molecule has 1 heterocycles. The number of rotatable bonds is 9. The molecule has 0 amide bonds. The lowest BCUT2D eigenvalue weighted by Gasteiger charge is -2.13. The maximum Gasteiger partial charge on any atom is 0.188 e. The Bertz CT molecular complexity index is 1120. The second kappa shape index (κ2) is 10.1. The van der Waals surface area contributed by atoms with Gasteiger partial charge < -0.3 is 14.2 Å². The van der Waals surface area contributed by atoms with Gasteiger partial charge in [0.1, 0.15) is 18.1 Å². The fourth-order valence-corrected chi connectivity index (χ4v) is 3.25. The van der Waals surface area contributed by atoms with Gasteiger partial charge in [0, 0.05) is 23.3 Å². The Balaban J connectivity index is 1.53. The molecule has 158 valence electrons. The number of benzene rings is 3. The highest BCUT2D eigenvalue weighted by Gasteiger charge is 2.13. The largest absolute Gasteiger partial charge is 0.489 e. The minimum atomic E-state index is 0.192. The summed E-state index contributed by atoms with van der Waals surface area (Å²) in [5.74, 6) is 2.07. The molecule has 7 nitrogen and oxygen atoms in total. The SMILES string of the molecule is COCOc1ccc(-c2nnnn2Cc2cc(Cl)ccc2OCc2ccccc2)cc1. The Kier molecular flexibility index (Phi) is 6.76. The summed E-state index contributed by atoms with van der Waals surface area (Å²) in [6, 6.07) is 23.0. The molecule has 4 aromatic rings. The minimum Gasteiger partial charge on any atom is -0.489 e. The lowest BCUT2D eigenvalue weighted by molar-refractivity contribution is 0.0511. The molecule has 0 unspecified atom stereocenters. The van der Waals surface area contributed by atoms with Crippen molar-refractivity contribution in [3.05, 3.63) is 88.9 Å². The van der Waals surface area contributed by atoms with E-state index in [1.807, 2.05) is 72.8 Å². The summed E-state index contributed by atoms with van der Waals surface area (Å²) < 4.78 is 18.1. The van der Waals surface area contributed by atoms with Gasteiger partial charge in [-0.1, -0.05) is 41.9 Å². The van der Waals surface area contributed by atoms with Gasteiger partial charge in [-0.2, -0.15) is 0 Å². The first-order valence-electron chi connectivity index (χ1n) is 9.66. The van der Waals surface area contributed by atoms with Crippen molar-refractivity contribution in [1.29, 1.82) is 0 Å². The topological polar surface area (TPSA) is 71.3 Å². The van der Waals surface area contributed by atoms with E-state index in [4.69, 9.17) is 25.8 Å². The van der Waals surface area contributed by atoms with Crippen LogP contribution in [0.3, 0.4) is 0 Å². The molecule has 0 aliphatic carbocycles. The number of hydrogen-bond acceptors (Lipinski definition) is 6. The summed E-state index contributed by atoms with van der Waals surface area (Å²) in [5, 5.41) is 12.8. The highest BCUT2D eigenvalue weighted by atomic mass is 35.5. The zero-order valence-electron chi connectivity index (χ0n) is 16.9. The first-order valence-corrected chi connectivity index (χ1v) is 10.0. The number of ether oxygens (including phenoxy) is 3. The summed E-state index contributed by atoms with van der Waals surface area (Å²) in [5.41, 5.74) is 2.84. The van der Waals surface area contributed by atoms with E-state index in [2.05, 4.69) is 15.5 Å². The van der Waals surface area contributed by atoms with Crippen LogP contribution in [0.2, 0.25) is 5.02 Å². The summed E-state index contributed by atoms with van der Waals surface area (Å²) >= 11 is 6.25. The molecule has 0 saturated carbocycles. The predicted octanol–water partition coefficient (Wildman–Crippen LogP) is 4.60. The third kappa shape index (κ3) is 5.39. The van der Waals surface area contributed by atoms with Crippen LogP contribution in [0.25, 0.3) is 11.4 Å². The fraction of sp³-hybridized carbons (Fsp3) is 0.174. The quantitative estimate of drug-likeness (QED) is 0.357. The number of hydrogen-bond donors (Lipinski definition) is 0. The van der Waals surface area contributed by atoms with E-state index in [0.717, 1.165) is 22.4 Å². The summed E-state index contributed by atoms with van der Waals surface area (Å²) in [6.45, 7) is 1.06. The van der Waals surface area contributed by atoms with Crippen LogP contribution >= 0.6 is 11.6 Å². The average Bonchev–Trinajstić information content (AvgIpc) is 3.26. The van der Waals surface area contributed by atoms with Gasteiger partial charge in [-0.3, -0.25) is 0 Å². The van der Waals surface area contributed by atoms with Crippen molar-refractivity contribution in [3.8, 4) is 22.9 Å². The molecule has 3 aromatic carbocycles. The summed E-state index contributed by atoms with van der Waals surface area (Å²) in [6.07, 6.45) is 0. The molecular weight excluding hydrogens is 416 g/mol. The van der Waals surface area contributed by atoms with E-state index < -0.39 is 0 Å². The number of tetrazole rings is 1. The molecule has 0 aliphatic heterocycles. The maximum absolute atomic E-state index is 6.25. The summed E-state index contributed by atoms with van der Waals surface area (Å²) in [7, 11) is 1.58. The van der Waals surface area contributed by atoms with Crippen LogP contribution in [-0.4, -0.2) is 34.1 Å². The van der Waals surface area contributed by atoms with Crippen LogP contribution in [0.15, 0.2) is 72.8 Å². The Morgan fingerprint density at radius 1 is 0.935 bits per heavy atom. The van der Waals surface area contributed by atoms with E-state index in [-0.39, 0.29) is 6.79 Å². The van der Waals surface area contributed by atoms with Crippen LogP contribution in [-0.2, 0) is 17.9 Å². The maximum atomic E-state index is 6.25. The molecule has 1 aromatic heterocycles. The fourth-order valence-electron chi connectivity index (χ4n) is 3.05. The van der Waals surface area contributed by atoms with Gasteiger partial charge in [0.25, 0.3) is 0 Å². The molecule has 0 fully saturated rings. The number of halogens is 1. The third-order valence-electron chi connectivity index (χ3n) is 4.57. The molecule has 0 atom stereocenters. The van der Waals surface area contributed by atoms with E-state index >= 15 is 0 Å². The molecular formula is C23H21ClN4O3. The highest BCUT2D eigenvalue weighted by molar-refractivity contribution is 6.30. The van der Waals surface area contributed by atoms with Crippen molar-refractivity contribution in [1.82, 2.24) is 20.2 Å². The highest BCUT2D eigenvalue weighted by Crippen LogP contribution is 2.27. The van der Waals surface area contributed by atoms with Gasteiger partial charge in [-0.25, -0.2) is 4.68 Å². The van der Waals surface area contributed by atoms with Crippen LogP contribution in [0, 0.1) is 0 Å². The van der Waals surface area contributed by atoms with Crippen molar-refractivity contribution < 1.29 is 14.2 Å². The van der Waals surface area contributed by atoms with Gasteiger partial charge in [-0.05, 0) is 58.5 Å². The molecule has 0 saturated heterocycles. The monoisotopic (exact) mass is 436 g/mol. The smallest absolute Gasteiger partial charge is 0.188 e. The molecule has 0 spiro atoms. The lowest BCUT2D eigenvalue weighted by atomic mass is 10.1. The van der Waals surface area contributed by atoms with Gasteiger partial charge in [-0.15, -0.1) is 5.10 Å². The van der Waals surface area contributed by atoms with Crippen molar-refractivity contribution >= 4 is 11.6 Å². The van der Waals surface area contributed by atoms with E-state index in [9.17, 15) is 0 Å². The van der Waals surface area contributed by atoms with Crippen molar-refractivity contribution in [2.75, 3.05) is 13.9 Å². The zero-order valence-corrected chi connectivity index (χ0v) is 17.7. The third-order valence-corrected chi connectivity index (χ3v) is 4.80. The van der Waals surface area contributed by atoms with Crippen molar-refractivity contribution in [3.63, 3.8) is 0 Å². The van der Waals surface area contributed by atoms with E-state index in [0.29, 0.717) is 29.7 Å².